The molecular weight excluding hydrogens is 206 g/mol. The molecule has 1 N–H and O–H groups in total. The van der Waals surface area contributed by atoms with Gasteiger partial charge in [-0.05, 0) is 22.4 Å². The van der Waals surface area contributed by atoms with E-state index in [0.29, 0.717) is 6.54 Å². The van der Waals surface area contributed by atoms with Crippen molar-refractivity contribution in [1.29, 1.82) is 0 Å². The largest absolute Gasteiger partial charge is 0.312 e. The number of hydrogen-bond acceptors (Lipinski definition) is 4. The summed E-state index contributed by atoms with van der Waals surface area (Å²) in [4.78, 5) is 0. The average Bonchev–Trinajstić information content (AvgIpc) is 2.48. The van der Waals surface area contributed by atoms with Crippen molar-refractivity contribution in [3.8, 4) is 0 Å². The molecule has 5 heteroatoms. The second kappa shape index (κ2) is 4.74. The minimum absolute atomic E-state index is 0.205. The molecule has 0 spiro atoms. The third-order valence-electron chi connectivity index (χ3n) is 1.56. The van der Waals surface area contributed by atoms with Crippen LogP contribution in [-0.2, 0) is 16.4 Å². The Bertz CT molecular complexity index is 329. The topological polar surface area (TPSA) is 46.2 Å². The first-order chi connectivity index (χ1) is 6.08. The molecule has 13 heavy (non-hydrogen) atoms. The fourth-order valence-electron chi connectivity index (χ4n) is 0.884. The molecule has 0 atom stereocenters. The highest BCUT2D eigenvalue weighted by molar-refractivity contribution is 7.90. The van der Waals surface area contributed by atoms with E-state index < -0.39 is 9.84 Å². The maximum Gasteiger partial charge on any atom is 0.148 e. The summed E-state index contributed by atoms with van der Waals surface area (Å²) >= 11 is 1.64. The quantitative estimate of drug-likeness (QED) is 0.748. The molecule has 0 aromatic carbocycles. The Morgan fingerprint density at radius 1 is 1.54 bits per heavy atom. The number of nitrogens with one attached hydrogen (secondary N) is 1. The standard InChI is InChI=1S/C8H13NO2S2/c1-13(10,11)5-3-9-6-8-2-4-12-7-8/h2,4,7,9H,3,5-6H2,1H3. The molecule has 0 radical (unpaired) electrons. The van der Waals surface area contributed by atoms with Gasteiger partial charge in [0.05, 0.1) is 5.75 Å². The third-order valence-corrected chi connectivity index (χ3v) is 3.24. The van der Waals surface area contributed by atoms with E-state index >= 15 is 0 Å². The maximum absolute atomic E-state index is 10.8. The predicted molar refractivity (Wildman–Crippen MR) is 55.7 cm³/mol. The van der Waals surface area contributed by atoms with Gasteiger partial charge in [0.15, 0.2) is 0 Å². The van der Waals surface area contributed by atoms with Gasteiger partial charge >= 0.3 is 0 Å². The van der Waals surface area contributed by atoms with Crippen LogP contribution < -0.4 is 5.32 Å². The molecule has 0 unspecified atom stereocenters. The van der Waals surface area contributed by atoms with E-state index in [-0.39, 0.29) is 5.75 Å². The van der Waals surface area contributed by atoms with Gasteiger partial charge < -0.3 is 5.32 Å². The van der Waals surface area contributed by atoms with Gasteiger partial charge in [0.25, 0.3) is 0 Å². The smallest absolute Gasteiger partial charge is 0.148 e. The Hall–Kier alpha value is -0.390. The van der Waals surface area contributed by atoms with Crippen LogP contribution in [-0.4, -0.2) is 27.0 Å². The highest BCUT2D eigenvalue weighted by atomic mass is 32.2. The van der Waals surface area contributed by atoms with E-state index in [1.54, 1.807) is 11.3 Å². The molecule has 3 nitrogen and oxygen atoms in total. The van der Waals surface area contributed by atoms with Gasteiger partial charge in [-0.15, -0.1) is 0 Å². The van der Waals surface area contributed by atoms with Crippen LogP contribution in [0.15, 0.2) is 16.8 Å². The number of hydrogen-bond donors (Lipinski definition) is 1. The number of rotatable bonds is 5. The minimum atomic E-state index is -2.83. The SMILES string of the molecule is CS(=O)(=O)CCNCc1ccsc1. The van der Waals surface area contributed by atoms with E-state index in [2.05, 4.69) is 5.32 Å². The fourth-order valence-corrected chi connectivity index (χ4v) is 2.07. The summed E-state index contributed by atoms with van der Waals surface area (Å²) in [6.45, 7) is 1.27. The molecule has 1 aromatic rings. The minimum Gasteiger partial charge on any atom is -0.312 e. The Balaban J connectivity index is 2.16. The van der Waals surface area contributed by atoms with E-state index in [1.807, 2.05) is 16.8 Å². The molecule has 1 heterocycles. The summed E-state index contributed by atoms with van der Waals surface area (Å²) < 4.78 is 21.5. The Morgan fingerprint density at radius 2 is 2.31 bits per heavy atom. The van der Waals surface area contributed by atoms with Gasteiger partial charge in [-0.2, -0.15) is 11.3 Å². The third kappa shape index (κ3) is 5.02. The lowest BCUT2D eigenvalue weighted by Crippen LogP contribution is -2.21. The molecule has 0 saturated carbocycles. The summed E-state index contributed by atoms with van der Waals surface area (Å²) in [6, 6.07) is 2.03. The second-order valence-electron chi connectivity index (χ2n) is 2.94. The molecule has 0 aliphatic rings. The molecule has 1 aromatic heterocycles. The number of thiophene rings is 1. The first kappa shape index (κ1) is 10.7. The predicted octanol–water partition coefficient (Wildman–Crippen LogP) is 0.882. The Morgan fingerprint density at radius 3 is 2.85 bits per heavy atom. The first-order valence-corrected chi connectivity index (χ1v) is 6.98. The lowest BCUT2D eigenvalue weighted by Gasteiger charge is -2.01. The Labute approximate surface area is 82.7 Å². The van der Waals surface area contributed by atoms with Crippen molar-refractivity contribution in [1.82, 2.24) is 5.32 Å². The summed E-state index contributed by atoms with van der Waals surface area (Å²) in [5.74, 6) is 0.205. The van der Waals surface area contributed by atoms with Crippen LogP contribution >= 0.6 is 11.3 Å². The van der Waals surface area contributed by atoms with Crippen molar-refractivity contribution in [3.63, 3.8) is 0 Å². The van der Waals surface area contributed by atoms with Gasteiger partial charge in [-0.3, -0.25) is 0 Å². The van der Waals surface area contributed by atoms with E-state index in [0.717, 1.165) is 6.54 Å². The van der Waals surface area contributed by atoms with Crippen molar-refractivity contribution in [2.45, 2.75) is 6.54 Å². The average molecular weight is 219 g/mol. The molecule has 0 amide bonds. The zero-order valence-corrected chi connectivity index (χ0v) is 9.12. The van der Waals surface area contributed by atoms with Crippen molar-refractivity contribution < 1.29 is 8.42 Å². The Kier molecular flexibility index (Phi) is 3.90. The zero-order chi connectivity index (χ0) is 9.73. The summed E-state index contributed by atoms with van der Waals surface area (Å²) in [5, 5.41) is 7.13. The molecule has 74 valence electrons. The van der Waals surface area contributed by atoms with Crippen molar-refractivity contribution in [2.24, 2.45) is 0 Å². The highest BCUT2D eigenvalue weighted by Crippen LogP contribution is 2.04. The monoisotopic (exact) mass is 219 g/mol. The van der Waals surface area contributed by atoms with Gasteiger partial charge in [0, 0.05) is 19.3 Å². The lowest BCUT2D eigenvalue weighted by molar-refractivity contribution is 0.596. The van der Waals surface area contributed by atoms with Crippen LogP contribution in [0.2, 0.25) is 0 Å². The van der Waals surface area contributed by atoms with Gasteiger partial charge in [0.1, 0.15) is 9.84 Å². The molecule has 1 rings (SSSR count). The van der Waals surface area contributed by atoms with E-state index in [9.17, 15) is 8.42 Å². The van der Waals surface area contributed by atoms with Crippen LogP contribution in [0.1, 0.15) is 5.56 Å². The first-order valence-electron chi connectivity index (χ1n) is 3.97. The fraction of sp³-hybridized carbons (Fsp3) is 0.500. The highest BCUT2D eigenvalue weighted by Gasteiger charge is 2.00. The summed E-state index contributed by atoms with van der Waals surface area (Å²) in [5.41, 5.74) is 1.21. The van der Waals surface area contributed by atoms with Crippen LogP contribution in [0.5, 0.6) is 0 Å². The molecular formula is C8H13NO2S2. The molecule has 0 bridgehead atoms. The van der Waals surface area contributed by atoms with Crippen molar-refractivity contribution >= 4 is 21.2 Å². The van der Waals surface area contributed by atoms with E-state index in [1.165, 1.54) is 11.8 Å². The molecule has 0 aliphatic carbocycles. The maximum atomic E-state index is 10.8. The van der Waals surface area contributed by atoms with Crippen molar-refractivity contribution in [3.05, 3.63) is 22.4 Å². The van der Waals surface area contributed by atoms with Gasteiger partial charge in [-0.1, -0.05) is 0 Å². The van der Waals surface area contributed by atoms with Crippen LogP contribution in [0.4, 0.5) is 0 Å². The lowest BCUT2D eigenvalue weighted by atomic mass is 10.3. The van der Waals surface area contributed by atoms with Crippen LogP contribution in [0.25, 0.3) is 0 Å². The second-order valence-corrected chi connectivity index (χ2v) is 5.98. The van der Waals surface area contributed by atoms with Gasteiger partial charge in [0.2, 0.25) is 0 Å². The normalized spacial score (nSPS) is 11.8. The summed E-state index contributed by atoms with van der Waals surface area (Å²) in [6.07, 6.45) is 1.25. The van der Waals surface area contributed by atoms with Gasteiger partial charge in [-0.25, -0.2) is 8.42 Å². The van der Waals surface area contributed by atoms with Crippen LogP contribution in [0.3, 0.4) is 0 Å². The van der Waals surface area contributed by atoms with Crippen molar-refractivity contribution in [2.75, 3.05) is 18.6 Å². The molecule has 0 saturated heterocycles. The molecule has 0 fully saturated rings. The van der Waals surface area contributed by atoms with E-state index in [4.69, 9.17) is 0 Å². The molecule has 0 aliphatic heterocycles. The number of sulfone groups is 1. The summed E-state index contributed by atoms with van der Waals surface area (Å²) in [7, 11) is -2.83. The van der Waals surface area contributed by atoms with Crippen LogP contribution in [0, 0.1) is 0 Å². The zero-order valence-electron chi connectivity index (χ0n) is 7.49.